The summed E-state index contributed by atoms with van der Waals surface area (Å²) in [6.45, 7) is 6.79. The molecule has 0 radical (unpaired) electrons. The van der Waals surface area contributed by atoms with Gasteiger partial charge in [-0.25, -0.2) is 0 Å². The van der Waals surface area contributed by atoms with Crippen molar-refractivity contribution in [1.29, 1.82) is 0 Å². The van der Waals surface area contributed by atoms with Gasteiger partial charge >= 0.3 is 11.9 Å². The van der Waals surface area contributed by atoms with E-state index in [4.69, 9.17) is 9.47 Å². The molecule has 0 rings (SSSR count). The zero-order valence-corrected chi connectivity index (χ0v) is 19.6. The first-order chi connectivity index (χ1) is 14.1. The van der Waals surface area contributed by atoms with Gasteiger partial charge in [-0.3, -0.25) is 9.59 Å². The molecule has 0 spiro atoms. The molecule has 4 nitrogen and oxygen atoms in total. The number of esters is 2. The maximum Gasteiger partial charge on any atom is 0.306 e. The molecule has 0 bridgehead atoms. The standard InChI is InChI=1S/C25H48O4/c1-4-6-8-10-12-14-16-20-24(26)28-22-18-19-23(3)29-25(27)21-17-15-13-11-9-7-5-2/h23H,4-22H2,1-3H3. The predicted octanol–water partition coefficient (Wildman–Crippen LogP) is 7.52. The van der Waals surface area contributed by atoms with Crippen molar-refractivity contribution in [2.24, 2.45) is 0 Å². The van der Waals surface area contributed by atoms with Crippen LogP contribution in [0, 0.1) is 0 Å². The highest BCUT2D eigenvalue weighted by atomic mass is 16.5. The predicted molar refractivity (Wildman–Crippen MR) is 121 cm³/mol. The van der Waals surface area contributed by atoms with E-state index in [9.17, 15) is 9.59 Å². The lowest BCUT2D eigenvalue weighted by Crippen LogP contribution is -2.16. The Bertz CT molecular complexity index is 381. The van der Waals surface area contributed by atoms with Crippen molar-refractivity contribution in [3.8, 4) is 0 Å². The van der Waals surface area contributed by atoms with E-state index in [-0.39, 0.29) is 18.0 Å². The lowest BCUT2D eigenvalue weighted by molar-refractivity contribution is -0.150. The van der Waals surface area contributed by atoms with Crippen LogP contribution in [0.1, 0.15) is 136 Å². The van der Waals surface area contributed by atoms with E-state index in [1.807, 2.05) is 6.92 Å². The summed E-state index contributed by atoms with van der Waals surface area (Å²) in [5, 5.41) is 0. The van der Waals surface area contributed by atoms with Gasteiger partial charge in [0.2, 0.25) is 0 Å². The molecule has 0 aliphatic heterocycles. The molecule has 0 aromatic carbocycles. The summed E-state index contributed by atoms with van der Waals surface area (Å²) in [4.78, 5) is 23.6. The van der Waals surface area contributed by atoms with Crippen LogP contribution in [0.3, 0.4) is 0 Å². The van der Waals surface area contributed by atoms with Crippen molar-refractivity contribution in [2.75, 3.05) is 6.61 Å². The minimum Gasteiger partial charge on any atom is -0.466 e. The first-order valence-electron chi connectivity index (χ1n) is 12.4. The van der Waals surface area contributed by atoms with Gasteiger partial charge in [0.1, 0.15) is 0 Å². The monoisotopic (exact) mass is 412 g/mol. The summed E-state index contributed by atoms with van der Waals surface area (Å²) < 4.78 is 10.7. The smallest absolute Gasteiger partial charge is 0.306 e. The first-order valence-corrected chi connectivity index (χ1v) is 12.4. The minimum absolute atomic E-state index is 0.0952. The largest absolute Gasteiger partial charge is 0.466 e. The average Bonchev–Trinajstić information content (AvgIpc) is 2.70. The highest BCUT2D eigenvalue weighted by molar-refractivity contribution is 5.69. The fourth-order valence-electron chi connectivity index (χ4n) is 3.42. The zero-order valence-electron chi connectivity index (χ0n) is 19.6. The normalized spacial score (nSPS) is 12.0. The molecular formula is C25H48O4. The second-order valence-corrected chi connectivity index (χ2v) is 8.41. The summed E-state index contributed by atoms with van der Waals surface area (Å²) in [6.07, 6.45) is 19.3. The Hall–Kier alpha value is -1.06. The lowest BCUT2D eigenvalue weighted by Gasteiger charge is -2.13. The fourth-order valence-corrected chi connectivity index (χ4v) is 3.42. The number of rotatable bonds is 21. The Balaban J connectivity index is 3.45. The van der Waals surface area contributed by atoms with Gasteiger partial charge in [0, 0.05) is 12.8 Å². The van der Waals surface area contributed by atoms with Gasteiger partial charge in [-0.05, 0) is 32.6 Å². The molecule has 0 aromatic rings. The van der Waals surface area contributed by atoms with E-state index in [0.717, 1.165) is 38.5 Å². The van der Waals surface area contributed by atoms with Crippen molar-refractivity contribution in [3.63, 3.8) is 0 Å². The van der Waals surface area contributed by atoms with Crippen LogP contribution < -0.4 is 0 Å². The third-order valence-corrected chi connectivity index (χ3v) is 5.32. The molecule has 0 fully saturated rings. The van der Waals surface area contributed by atoms with Gasteiger partial charge in [-0.15, -0.1) is 0 Å². The number of carbonyl (C=O) groups is 2. The summed E-state index contributed by atoms with van der Waals surface area (Å²) in [5.41, 5.74) is 0. The summed E-state index contributed by atoms with van der Waals surface area (Å²) in [7, 11) is 0. The maximum atomic E-state index is 11.9. The van der Waals surface area contributed by atoms with Crippen LogP contribution >= 0.6 is 0 Å². The first kappa shape index (κ1) is 27.9. The SMILES string of the molecule is CCCCCCCCCC(=O)OCCCC(C)OC(=O)CCCCCCCCC. The van der Waals surface area contributed by atoms with E-state index in [1.165, 1.54) is 64.2 Å². The van der Waals surface area contributed by atoms with Crippen molar-refractivity contribution < 1.29 is 19.1 Å². The van der Waals surface area contributed by atoms with Crippen molar-refractivity contribution in [2.45, 2.75) is 142 Å². The molecular weight excluding hydrogens is 364 g/mol. The molecule has 0 aliphatic carbocycles. The number of ether oxygens (including phenoxy) is 2. The third kappa shape index (κ3) is 21.5. The van der Waals surface area contributed by atoms with Gasteiger partial charge in [-0.2, -0.15) is 0 Å². The molecule has 1 unspecified atom stereocenters. The van der Waals surface area contributed by atoms with Crippen molar-refractivity contribution in [3.05, 3.63) is 0 Å². The van der Waals surface area contributed by atoms with E-state index in [0.29, 0.717) is 19.4 Å². The Morgan fingerprint density at radius 1 is 0.621 bits per heavy atom. The van der Waals surface area contributed by atoms with Crippen LogP contribution in [0.15, 0.2) is 0 Å². The molecule has 29 heavy (non-hydrogen) atoms. The molecule has 0 heterocycles. The molecule has 4 heteroatoms. The van der Waals surface area contributed by atoms with Crippen LogP contribution in [0.25, 0.3) is 0 Å². The van der Waals surface area contributed by atoms with Gasteiger partial charge in [-0.1, -0.05) is 90.9 Å². The van der Waals surface area contributed by atoms with E-state index in [1.54, 1.807) is 0 Å². The van der Waals surface area contributed by atoms with E-state index in [2.05, 4.69) is 13.8 Å². The molecule has 1 atom stereocenters. The number of unbranched alkanes of at least 4 members (excludes halogenated alkanes) is 12. The van der Waals surface area contributed by atoms with Gasteiger partial charge in [0.25, 0.3) is 0 Å². The van der Waals surface area contributed by atoms with Crippen LogP contribution in [0.2, 0.25) is 0 Å². The van der Waals surface area contributed by atoms with Gasteiger partial charge < -0.3 is 9.47 Å². The Kier molecular flexibility index (Phi) is 20.9. The number of carbonyl (C=O) groups excluding carboxylic acids is 2. The molecule has 0 saturated heterocycles. The number of hydrogen-bond donors (Lipinski definition) is 0. The fraction of sp³-hybridized carbons (Fsp3) is 0.920. The lowest BCUT2D eigenvalue weighted by atomic mass is 10.1. The summed E-state index contributed by atoms with van der Waals surface area (Å²) in [6, 6.07) is 0. The van der Waals surface area contributed by atoms with Crippen LogP contribution in [0.5, 0.6) is 0 Å². The Morgan fingerprint density at radius 2 is 1.07 bits per heavy atom. The zero-order chi connectivity index (χ0) is 21.6. The molecule has 0 saturated carbocycles. The second kappa shape index (κ2) is 21.6. The number of hydrogen-bond acceptors (Lipinski definition) is 4. The van der Waals surface area contributed by atoms with Crippen molar-refractivity contribution >= 4 is 11.9 Å². The van der Waals surface area contributed by atoms with Crippen LogP contribution in [-0.2, 0) is 19.1 Å². The van der Waals surface area contributed by atoms with Gasteiger partial charge in [0.15, 0.2) is 0 Å². The van der Waals surface area contributed by atoms with E-state index >= 15 is 0 Å². The Labute approximate surface area is 180 Å². The van der Waals surface area contributed by atoms with Crippen molar-refractivity contribution in [1.82, 2.24) is 0 Å². The summed E-state index contributed by atoms with van der Waals surface area (Å²) >= 11 is 0. The molecule has 172 valence electrons. The highest BCUT2D eigenvalue weighted by Gasteiger charge is 2.10. The second-order valence-electron chi connectivity index (χ2n) is 8.41. The topological polar surface area (TPSA) is 52.6 Å². The molecule has 0 N–H and O–H groups in total. The maximum absolute atomic E-state index is 11.9. The van der Waals surface area contributed by atoms with Crippen LogP contribution in [0.4, 0.5) is 0 Å². The average molecular weight is 413 g/mol. The highest BCUT2D eigenvalue weighted by Crippen LogP contribution is 2.11. The summed E-state index contributed by atoms with van der Waals surface area (Å²) in [5.74, 6) is -0.191. The third-order valence-electron chi connectivity index (χ3n) is 5.32. The molecule has 0 aliphatic rings. The molecule has 0 amide bonds. The van der Waals surface area contributed by atoms with Crippen LogP contribution in [-0.4, -0.2) is 24.6 Å². The quantitative estimate of drug-likeness (QED) is 0.144. The molecule has 0 aromatic heterocycles. The van der Waals surface area contributed by atoms with E-state index < -0.39 is 0 Å². The van der Waals surface area contributed by atoms with Gasteiger partial charge in [0.05, 0.1) is 12.7 Å². The Morgan fingerprint density at radius 3 is 1.59 bits per heavy atom. The minimum atomic E-state index is -0.103.